The number of nitrogens with one attached hydrogen (secondary N) is 1. The molecule has 0 saturated carbocycles. The van der Waals surface area contributed by atoms with Crippen molar-refractivity contribution in [3.05, 3.63) is 40.8 Å². The van der Waals surface area contributed by atoms with Gasteiger partial charge in [0.05, 0.1) is 18.3 Å². The Bertz CT molecular complexity index is 967. The summed E-state index contributed by atoms with van der Waals surface area (Å²) in [7, 11) is 0. The zero-order chi connectivity index (χ0) is 18.7. The molecule has 2 aromatic heterocycles. The molecule has 0 aliphatic heterocycles. The number of benzene rings is 1. The zero-order valence-corrected chi connectivity index (χ0v) is 13.5. The Kier molecular flexibility index (Phi) is 4.89. The van der Waals surface area contributed by atoms with E-state index < -0.39 is 11.7 Å². The number of aryl methyl sites for hydroxylation is 1. The quantitative estimate of drug-likeness (QED) is 0.333. The number of aromatic hydroxyl groups is 1. The van der Waals surface area contributed by atoms with Crippen molar-refractivity contribution in [2.45, 2.75) is 25.9 Å². The Morgan fingerprint density at radius 3 is 2.92 bits per heavy atom. The average Bonchev–Trinajstić information content (AvgIpc) is 3.17. The molecule has 0 aliphatic carbocycles. The maximum atomic E-state index is 13.4. The third-order valence-electron chi connectivity index (χ3n) is 3.89. The highest BCUT2D eigenvalue weighted by atomic mass is 19.1. The van der Waals surface area contributed by atoms with Gasteiger partial charge in [-0.05, 0) is 29.8 Å². The molecule has 2 heterocycles. The topological polar surface area (TPSA) is 135 Å². The number of nitrogens with zero attached hydrogens (tertiary/aromatic N) is 5. The number of hydroxylamine groups is 1. The maximum absolute atomic E-state index is 13.4. The highest BCUT2D eigenvalue weighted by Gasteiger charge is 2.19. The van der Waals surface area contributed by atoms with Gasteiger partial charge in [-0.1, -0.05) is 5.21 Å². The van der Waals surface area contributed by atoms with Crippen LogP contribution in [0.4, 0.5) is 10.1 Å². The van der Waals surface area contributed by atoms with Gasteiger partial charge >= 0.3 is 0 Å². The van der Waals surface area contributed by atoms with Gasteiger partial charge in [-0.15, -0.1) is 10.0 Å². The summed E-state index contributed by atoms with van der Waals surface area (Å²) in [6.45, 7) is 0.506. The summed E-state index contributed by atoms with van der Waals surface area (Å²) >= 11 is 0. The van der Waals surface area contributed by atoms with Gasteiger partial charge in [-0.25, -0.2) is 9.87 Å². The second-order valence-electron chi connectivity index (χ2n) is 5.62. The molecule has 1 aromatic carbocycles. The van der Waals surface area contributed by atoms with Gasteiger partial charge in [-0.3, -0.25) is 14.7 Å². The van der Waals surface area contributed by atoms with Crippen molar-refractivity contribution in [3.63, 3.8) is 0 Å². The average molecular weight is 362 g/mol. The minimum absolute atomic E-state index is 0.0978. The van der Waals surface area contributed by atoms with Crippen LogP contribution in [-0.4, -0.2) is 35.8 Å². The van der Waals surface area contributed by atoms with E-state index >= 15 is 0 Å². The molecule has 3 N–H and O–H groups in total. The van der Waals surface area contributed by atoms with Gasteiger partial charge in [0, 0.05) is 18.4 Å². The van der Waals surface area contributed by atoms with Crippen molar-refractivity contribution >= 4 is 22.5 Å². The van der Waals surface area contributed by atoms with E-state index in [0.29, 0.717) is 24.2 Å². The Labute approximate surface area is 145 Å². The molecule has 0 saturated heterocycles. The van der Waals surface area contributed by atoms with Gasteiger partial charge in [0.2, 0.25) is 11.8 Å². The van der Waals surface area contributed by atoms with Crippen molar-refractivity contribution in [3.8, 4) is 5.88 Å². The number of rotatable bonds is 7. The van der Waals surface area contributed by atoms with Crippen LogP contribution >= 0.6 is 0 Å². The minimum atomic E-state index is -0.544. The molecule has 1 amide bonds. The van der Waals surface area contributed by atoms with Gasteiger partial charge in [0.1, 0.15) is 11.5 Å². The highest BCUT2D eigenvalue weighted by Crippen LogP contribution is 2.39. The fourth-order valence-corrected chi connectivity index (χ4v) is 2.69. The summed E-state index contributed by atoms with van der Waals surface area (Å²) in [5.74, 6) is -1.41. The standard InChI is InChI=1S/C15H15FN6O4/c16-9-3-4-12-11(6-9)14(19-26)15(24)22(12)8-10-7-21(20-17-10)5-1-2-13(23)18-25/h3-4,6-7,24-25H,1-2,5,8H2,(H,18,23). The van der Waals surface area contributed by atoms with Crippen LogP contribution in [0.1, 0.15) is 18.5 Å². The van der Waals surface area contributed by atoms with Gasteiger partial charge in [0.25, 0.3) is 0 Å². The predicted molar refractivity (Wildman–Crippen MR) is 87.3 cm³/mol. The number of aromatic nitrogens is 4. The molecule has 0 fully saturated rings. The largest absolute Gasteiger partial charge is 0.493 e. The molecule has 3 aromatic rings. The smallest absolute Gasteiger partial charge is 0.243 e. The SMILES string of the molecule is O=Nc1c(O)n(Cc2cn(CCCC(=O)NO)nn2)c2ccc(F)cc12. The second-order valence-corrected chi connectivity index (χ2v) is 5.62. The molecule has 0 aliphatic rings. The van der Waals surface area contributed by atoms with Crippen molar-refractivity contribution in [2.75, 3.05) is 0 Å². The normalized spacial score (nSPS) is 11.0. The lowest BCUT2D eigenvalue weighted by Gasteiger charge is -2.04. The third kappa shape index (κ3) is 3.37. The van der Waals surface area contributed by atoms with E-state index in [2.05, 4.69) is 15.5 Å². The molecule has 0 unspecified atom stereocenters. The highest BCUT2D eigenvalue weighted by molar-refractivity contribution is 5.95. The first-order chi connectivity index (χ1) is 12.5. The predicted octanol–water partition coefficient (Wildman–Crippen LogP) is 1.81. The van der Waals surface area contributed by atoms with Crippen molar-refractivity contribution in [1.29, 1.82) is 0 Å². The van der Waals surface area contributed by atoms with Crippen LogP contribution in [0.15, 0.2) is 29.6 Å². The van der Waals surface area contributed by atoms with Gasteiger partial charge in [0.15, 0.2) is 5.69 Å². The van der Waals surface area contributed by atoms with Crippen LogP contribution in [-0.2, 0) is 17.9 Å². The summed E-state index contributed by atoms with van der Waals surface area (Å²) in [5, 5.41) is 29.6. The number of carbonyl (C=O) groups is 1. The van der Waals surface area contributed by atoms with E-state index in [0.717, 1.165) is 6.07 Å². The summed E-state index contributed by atoms with van der Waals surface area (Å²) in [6.07, 6.45) is 2.21. The van der Waals surface area contributed by atoms with Crippen LogP contribution < -0.4 is 5.48 Å². The molecule has 0 bridgehead atoms. The van der Waals surface area contributed by atoms with E-state index in [1.807, 2.05) is 0 Å². The first kappa shape index (κ1) is 17.5. The van der Waals surface area contributed by atoms with E-state index in [4.69, 9.17) is 5.21 Å². The van der Waals surface area contributed by atoms with Crippen molar-refractivity contribution in [1.82, 2.24) is 25.0 Å². The molecular formula is C15H15FN6O4. The summed E-state index contributed by atoms with van der Waals surface area (Å²) < 4.78 is 16.3. The second kappa shape index (κ2) is 7.27. The first-order valence-corrected chi connectivity index (χ1v) is 7.69. The first-order valence-electron chi connectivity index (χ1n) is 7.69. The molecule has 10 nitrogen and oxygen atoms in total. The summed E-state index contributed by atoms with van der Waals surface area (Å²) in [6, 6.07) is 3.79. The summed E-state index contributed by atoms with van der Waals surface area (Å²) in [4.78, 5) is 22.0. The van der Waals surface area contributed by atoms with Crippen LogP contribution in [0.25, 0.3) is 10.9 Å². The maximum Gasteiger partial charge on any atom is 0.243 e. The number of amides is 1. The molecule has 0 radical (unpaired) electrons. The van der Waals surface area contributed by atoms with Gasteiger partial charge in [-0.2, -0.15) is 0 Å². The number of halogens is 1. The Hall–Kier alpha value is -3.34. The lowest BCUT2D eigenvalue weighted by atomic mass is 10.2. The van der Waals surface area contributed by atoms with E-state index in [9.17, 15) is 19.2 Å². The molecule has 136 valence electrons. The number of carbonyl (C=O) groups excluding carboxylic acids is 1. The van der Waals surface area contributed by atoms with Crippen LogP contribution in [0.5, 0.6) is 5.88 Å². The van der Waals surface area contributed by atoms with E-state index in [1.54, 1.807) is 11.7 Å². The monoisotopic (exact) mass is 362 g/mol. The number of hydrogen-bond donors (Lipinski definition) is 3. The van der Waals surface area contributed by atoms with Crippen LogP contribution in [0, 0.1) is 10.7 Å². The summed E-state index contributed by atoms with van der Waals surface area (Å²) in [5.41, 5.74) is 2.24. The third-order valence-corrected chi connectivity index (χ3v) is 3.89. The minimum Gasteiger partial charge on any atom is -0.493 e. The molecule has 11 heteroatoms. The molecular weight excluding hydrogens is 347 g/mol. The van der Waals surface area contributed by atoms with E-state index in [-0.39, 0.29) is 29.9 Å². The number of hydrogen-bond acceptors (Lipinski definition) is 7. The van der Waals surface area contributed by atoms with Crippen LogP contribution in [0.3, 0.4) is 0 Å². The molecule has 0 spiro atoms. The lowest BCUT2D eigenvalue weighted by molar-refractivity contribution is -0.129. The van der Waals surface area contributed by atoms with E-state index in [1.165, 1.54) is 21.4 Å². The Morgan fingerprint density at radius 2 is 2.19 bits per heavy atom. The lowest BCUT2D eigenvalue weighted by Crippen LogP contribution is -2.18. The molecule has 3 rings (SSSR count). The molecule has 0 atom stereocenters. The zero-order valence-electron chi connectivity index (χ0n) is 13.5. The number of fused-ring (bicyclic) bond motifs is 1. The Morgan fingerprint density at radius 1 is 1.38 bits per heavy atom. The van der Waals surface area contributed by atoms with Crippen molar-refractivity contribution in [2.24, 2.45) is 5.18 Å². The Balaban J connectivity index is 1.80. The van der Waals surface area contributed by atoms with Gasteiger partial charge < -0.3 is 9.67 Å². The fourth-order valence-electron chi connectivity index (χ4n) is 2.69. The fraction of sp³-hybridized carbons (Fsp3) is 0.267. The number of nitroso groups, excluding NO2 is 1. The van der Waals surface area contributed by atoms with Crippen molar-refractivity contribution < 1.29 is 19.5 Å². The molecule has 26 heavy (non-hydrogen) atoms. The van der Waals surface area contributed by atoms with Crippen LogP contribution in [0.2, 0.25) is 0 Å².